The highest BCUT2D eigenvalue weighted by Gasteiger charge is 2.12. The predicted octanol–water partition coefficient (Wildman–Crippen LogP) is 5.78. The fraction of sp³-hybridized carbons (Fsp3) is 0.0417. The second kappa shape index (κ2) is 7.93. The molecule has 146 valence electrons. The Morgan fingerprint density at radius 2 is 1.80 bits per heavy atom. The third-order valence-electron chi connectivity index (χ3n) is 4.65. The molecular weight excluding hydrogens is 392 g/mol. The molecule has 5 nitrogen and oxygen atoms in total. The lowest BCUT2D eigenvalue weighted by atomic mass is 10.2. The van der Waals surface area contributed by atoms with Crippen LogP contribution in [0, 0.1) is 6.92 Å². The van der Waals surface area contributed by atoms with Crippen molar-refractivity contribution in [2.24, 2.45) is 10.1 Å². The van der Waals surface area contributed by atoms with E-state index in [4.69, 9.17) is 14.5 Å². The minimum absolute atomic E-state index is 0.754. The van der Waals surface area contributed by atoms with Gasteiger partial charge in [-0.25, -0.2) is 9.67 Å². The van der Waals surface area contributed by atoms with Crippen LogP contribution in [0.3, 0.4) is 0 Å². The summed E-state index contributed by atoms with van der Waals surface area (Å²) >= 11 is 1.53. The lowest BCUT2D eigenvalue weighted by molar-refractivity contribution is 0.622. The quantitative estimate of drug-likeness (QED) is 0.353. The number of para-hydroxylation sites is 1. The molecule has 3 heterocycles. The molecule has 0 spiro atoms. The molecule has 0 amide bonds. The molecule has 0 fully saturated rings. The zero-order valence-electron chi connectivity index (χ0n) is 16.3. The first kappa shape index (κ1) is 18.3. The van der Waals surface area contributed by atoms with Gasteiger partial charge in [-0.2, -0.15) is 5.10 Å². The minimum Gasteiger partial charge on any atom is -0.454 e. The monoisotopic (exact) mass is 410 g/mol. The summed E-state index contributed by atoms with van der Waals surface area (Å²) in [5.74, 6) is 0.754. The van der Waals surface area contributed by atoms with E-state index in [9.17, 15) is 0 Å². The molecule has 0 aliphatic heterocycles. The van der Waals surface area contributed by atoms with E-state index in [-0.39, 0.29) is 0 Å². The van der Waals surface area contributed by atoms with Gasteiger partial charge in [-0.15, -0.1) is 11.3 Å². The molecule has 0 N–H and O–H groups in total. The molecule has 30 heavy (non-hydrogen) atoms. The van der Waals surface area contributed by atoms with Gasteiger partial charge in [0, 0.05) is 23.2 Å². The Balaban J connectivity index is 1.65. The highest BCUT2D eigenvalue weighted by molar-refractivity contribution is 7.07. The Bertz CT molecular complexity index is 1360. The fourth-order valence-electron chi connectivity index (χ4n) is 3.07. The van der Waals surface area contributed by atoms with Crippen molar-refractivity contribution >= 4 is 34.2 Å². The first-order chi connectivity index (χ1) is 14.8. The molecule has 6 heteroatoms. The van der Waals surface area contributed by atoms with Crippen LogP contribution in [-0.2, 0) is 0 Å². The van der Waals surface area contributed by atoms with Gasteiger partial charge in [0.25, 0.3) is 0 Å². The number of pyridine rings is 1. The normalized spacial score (nSPS) is 12.2. The van der Waals surface area contributed by atoms with E-state index < -0.39 is 0 Å². The van der Waals surface area contributed by atoms with Crippen LogP contribution in [0.2, 0.25) is 0 Å². The number of aryl methyl sites for hydroxylation is 1. The van der Waals surface area contributed by atoms with Gasteiger partial charge in [0.05, 0.1) is 11.9 Å². The standard InChI is InChI=1S/C24H18N4OS/c1-17-6-8-20(9-7-17)27-24-28(26-15-18-10-12-25-13-11-18)21(16-30-24)23-14-19-4-2-3-5-22(19)29-23/h2-16H,1H3/b26-15+,27-24?. The molecule has 3 aromatic heterocycles. The van der Waals surface area contributed by atoms with Gasteiger partial charge in [0.15, 0.2) is 5.76 Å². The molecule has 0 unspecified atom stereocenters. The van der Waals surface area contributed by atoms with Crippen LogP contribution in [0.4, 0.5) is 5.69 Å². The zero-order valence-corrected chi connectivity index (χ0v) is 17.1. The van der Waals surface area contributed by atoms with E-state index in [2.05, 4.69) is 24.0 Å². The van der Waals surface area contributed by atoms with Crippen LogP contribution in [0.15, 0.2) is 99.0 Å². The first-order valence-corrected chi connectivity index (χ1v) is 10.4. The van der Waals surface area contributed by atoms with Crippen LogP contribution in [0.25, 0.3) is 22.4 Å². The molecule has 0 bridgehead atoms. The van der Waals surface area contributed by atoms with Crippen molar-refractivity contribution in [1.29, 1.82) is 0 Å². The number of benzene rings is 2. The van der Waals surface area contributed by atoms with E-state index in [0.717, 1.165) is 38.5 Å². The smallest absolute Gasteiger partial charge is 0.211 e. The molecule has 0 saturated heterocycles. The number of rotatable bonds is 4. The largest absolute Gasteiger partial charge is 0.454 e. The molecule has 2 aromatic carbocycles. The number of thiazole rings is 1. The van der Waals surface area contributed by atoms with Crippen molar-refractivity contribution in [1.82, 2.24) is 9.66 Å². The maximum atomic E-state index is 6.09. The third-order valence-corrected chi connectivity index (χ3v) is 5.47. The average Bonchev–Trinajstić information content (AvgIpc) is 3.38. The van der Waals surface area contributed by atoms with Gasteiger partial charge in [-0.3, -0.25) is 4.98 Å². The van der Waals surface area contributed by atoms with E-state index in [1.165, 1.54) is 16.9 Å². The van der Waals surface area contributed by atoms with E-state index in [1.54, 1.807) is 18.6 Å². The molecule has 0 aliphatic rings. The number of nitrogens with zero attached hydrogens (tertiary/aromatic N) is 4. The van der Waals surface area contributed by atoms with Crippen LogP contribution >= 0.6 is 11.3 Å². The molecule has 0 radical (unpaired) electrons. The predicted molar refractivity (Wildman–Crippen MR) is 121 cm³/mol. The summed E-state index contributed by atoms with van der Waals surface area (Å²) in [5.41, 5.74) is 4.74. The molecule has 0 saturated carbocycles. The second-order valence-electron chi connectivity index (χ2n) is 6.84. The number of furan rings is 1. The maximum absolute atomic E-state index is 6.09. The molecular formula is C24H18N4OS. The molecule has 0 aliphatic carbocycles. The SMILES string of the molecule is Cc1ccc(N=c2scc(-c3cc4ccccc4o3)n2/N=C/c2ccncc2)cc1. The highest BCUT2D eigenvalue weighted by atomic mass is 32.1. The first-order valence-electron chi connectivity index (χ1n) is 9.51. The van der Waals surface area contributed by atoms with Crippen LogP contribution < -0.4 is 4.80 Å². The van der Waals surface area contributed by atoms with E-state index in [1.807, 2.05) is 64.7 Å². The maximum Gasteiger partial charge on any atom is 0.211 e. The summed E-state index contributed by atoms with van der Waals surface area (Å²) in [5, 5.41) is 7.80. The van der Waals surface area contributed by atoms with Crippen molar-refractivity contribution in [3.8, 4) is 11.5 Å². The average molecular weight is 411 g/mol. The Morgan fingerprint density at radius 3 is 2.60 bits per heavy atom. The molecule has 0 atom stereocenters. The summed E-state index contributed by atoms with van der Waals surface area (Å²) in [6, 6.07) is 22.0. The van der Waals surface area contributed by atoms with Crippen molar-refractivity contribution in [2.45, 2.75) is 6.92 Å². The van der Waals surface area contributed by atoms with Crippen LogP contribution in [0.1, 0.15) is 11.1 Å². The van der Waals surface area contributed by atoms with Gasteiger partial charge in [0.2, 0.25) is 4.80 Å². The summed E-state index contributed by atoms with van der Waals surface area (Å²) in [7, 11) is 0. The van der Waals surface area contributed by atoms with E-state index in [0.29, 0.717) is 0 Å². The number of hydrogen-bond acceptors (Lipinski definition) is 5. The Morgan fingerprint density at radius 1 is 1.00 bits per heavy atom. The van der Waals surface area contributed by atoms with Crippen LogP contribution in [0.5, 0.6) is 0 Å². The summed E-state index contributed by atoms with van der Waals surface area (Å²) < 4.78 is 7.91. The van der Waals surface area contributed by atoms with Crippen molar-refractivity contribution in [3.63, 3.8) is 0 Å². The summed E-state index contributed by atoms with van der Waals surface area (Å²) in [4.78, 5) is 9.63. The lowest BCUT2D eigenvalue weighted by Crippen LogP contribution is -2.11. The fourth-order valence-corrected chi connectivity index (χ4v) is 3.91. The second-order valence-corrected chi connectivity index (χ2v) is 7.67. The van der Waals surface area contributed by atoms with Crippen LogP contribution in [-0.4, -0.2) is 15.9 Å². The molecule has 5 aromatic rings. The Labute approximate surface area is 177 Å². The van der Waals surface area contributed by atoms with Crippen molar-refractivity contribution in [3.05, 3.63) is 100 Å². The van der Waals surface area contributed by atoms with Gasteiger partial charge in [-0.1, -0.05) is 35.9 Å². The Kier molecular flexibility index (Phi) is 4.83. The van der Waals surface area contributed by atoms with Gasteiger partial charge in [-0.05, 0) is 48.9 Å². The third kappa shape index (κ3) is 3.73. The number of fused-ring (bicyclic) bond motifs is 1. The minimum atomic E-state index is 0.754. The lowest BCUT2D eigenvalue weighted by Gasteiger charge is -2.01. The van der Waals surface area contributed by atoms with Crippen molar-refractivity contribution < 1.29 is 4.42 Å². The number of hydrogen-bond donors (Lipinski definition) is 0. The highest BCUT2D eigenvalue weighted by Crippen LogP contribution is 2.28. The zero-order chi connectivity index (χ0) is 20.3. The molecule has 5 rings (SSSR count). The Hall–Kier alpha value is -3.77. The number of aromatic nitrogens is 2. The van der Waals surface area contributed by atoms with Gasteiger partial charge in [0.1, 0.15) is 11.3 Å². The van der Waals surface area contributed by atoms with E-state index >= 15 is 0 Å². The topological polar surface area (TPSA) is 55.7 Å². The van der Waals surface area contributed by atoms with Gasteiger partial charge >= 0.3 is 0 Å². The van der Waals surface area contributed by atoms with Crippen molar-refractivity contribution in [2.75, 3.05) is 0 Å². The summed E-state index contributed by atoms with van der Waals surface area (Å²) in [6.07, 6.45) is 5.30. The summed E-state index contributed by atoms with van der Waals surface area (Å²) in [6.45, 7) is 2.06. The van der Waals surface area contributed by atoms with Gasteiger partial charge < -0.3 is 4.42 Å².